The first-order valence-electron chi connectivity index (χ1n) is 9.17. The number of benzene rings is 1. The van der Waals surface area contributed by atoms with Crippen molar-refractivity contribution in [2.45, 2.75) is 64.3 Å². The lowest BCUT2D eigenvalue weighted by molar-refractivity contribution is -0.148. The Morgan fingerprint density at radius 3 is 2.75 bits per heavy atom. The fraction of sp³-hybridized carbons (Fsp3) is 0.600. The molecule has 4 nitrogen and oxygen atoms in total. The first kappa shape index (κ1) is 17.0. The summed E-state index contributed by atoms with van der Waals surface area (Å²) in [5.41, 5.74) is 3.72. The second kappa shape index (κ2) is 7.82. The summed E-state index contributed by atoms with van der Waals surface area (Å²) in [6, 6.07) is 6.44. The molecule has 1 aromatic rings. The molecule has 1 amide bonds. The number of rotatable bonds is 5. The van der Waals surface area contributed by atoms with Gasteiger partial charge in [-0.3, -0.25) is 9.59 Å². The van der Waals surface area contributed by atoms with Gasteiger partial charge in [0.1, 0.15) is 0 Å². The highest BCUT2D eigenvalue weighted by molar-refractivity contribution is 5.81. The molecule has 0 saturated heterocycles. The average molecular weight is 329 g/mol. The van der Waals surface area contributed by atoms with Gasteiger partial charge in [0.05, 0.1) is 6.42 Å². The molecular formula is C20H27NO3. The van der Waals surface area contributed by atoms with Crippen molar-refractivity contribution in [2.75, 3.05) is 6.61 Å². The summed E-state index contributed by atoms with van der Waals surface area (Å²) in [5.74, 6) is -0.0133. The van der Waals surface area contributed by atoms with E-state index in [1.54, 1.807) is 0 Å². The Kier molecular flexibility index (Phi) is 5.54. The lowest BCUT2D eigenvalue weighted by atomic mass is 9.86. The summed E-state index contributed by atoms with van der Waals surface area (Å²) < 4.78 is 5.15. The van der Waals surface area contributed by atoms with Crippen LogP contribution < -0.4 is 5.32 Å². The van der Waals surface area contributed by atoms with Gasteiger partial charge in [0.15, 0.2) is 6.61 Å². The topological polar surface area (TPSA) is 55.4 Å². The van der Waals surface area contributed by atoms with Gasteiger partial charge in [0.25, 0.3) is 5.91 Å². The number of fused-ring (bicyclic) bond motifs is 1. The van der Waals surface area contributed by atoms with Crippen molar-refractivity contribution in [3.63, 3.8) is 0 Å². The molecule has 130 valence electrons. The van der Waals surface area contributed by atoms with Crippen LogP contribution in [0, 0.1) is 5.92 Å². The van der Waals surface area contributed by atoms with E-state index in [1.807, 2.05) is 6.07 Å². The predicted octanol–water partition coefficient (Wildman–Crippen LogP) is 2.96. The van der Waals surface area contributed by atoms with E-state index in [-0.39, 0.29) is 30.9 Å². The minimum absolute atomic E-state index is 0.174. The minimum Gasteiger partial charge on any atom is -0.455 e. The van der Waals surface area contributed by atoms with Gasteiger partial charge in [-0.05, 0) is 54.7 Å². The fourth-order valence-corrected chi connectivity index (χ4v) is 3.88. The van der Waals surface area contributed by atoms with Gasteiger partial charge in [-0.15, -0.1) is 0 Å². The minimum atomic E-state index is -0.334. The molecule has 1 N–H and O–H groups in total. The molecular weight excluding hydrogens is 302 g/mol. The Morgan fingerprint density at radius 1 is 1.12 bits per heavy atom. The summed E-state index contributed by atoms with van der Waals surface area (Å²) in [6.07, 6.45) is 8.25. The van der Waals surface area contributed by atoms with E-state index in [0.29, 0.717) is 5.92 Å². The van der Waals surface area contributed by atoms with E-state index in [4.69, 9.17) is 4.74 Å². The summed E-state index contributed by atoms with van der Waals surface area (Å²) in [4.78, 5) is 24.0. The van der Waals surface area contributed by atoms with E-state index < -0.39 is 0 Å². The summed E-state index contributed by atoms with van der Waals surface area (Å²) in [5, 5.41) is 3.01. The second-order valence-electron chi connectivity index (χ2n) is 7.23. The van der Waals surface area contributed by atoms with Gasteiger partial charge in [-0.2, -0.15) is 0 Å². The van der Waals surface area contributed by atoms with Crippen LogP contribution in [-0.2, 0) is 33.6 Å². The Hall–Kier alpha value is -1.84. The number of aryl methyl sites for hydroxylation is 2. The number of ether oxygens (including phenoxy) is 1. The molecule has 0 heterocycles. The molecule has 4 heteroatoms. The maximum absolute atomic E-state index is 12.0. The van der Waals surface area contributed by atoms with Crippen molar-refractivity contribution in [3.05, 3.63) is 34.9 Å². The number of nitrogens with one attached hydrogen (secondary N) is 1. The second-order valence-corrected chi connectivity index (χ2v) is 7.23. The average Bonchev–Trinajstić information content (AvgIpc) is 3.03. The molecule has 0 spiro atoms. The fourth-order valence-electron chi connectivity index (χ4n) is 3.88. The summed E-state index contributed by atoms with van der Waals surface area (Å²) >= 11 is 0. The van der Waals surface area contributed by atoms with E-state index in [0.717, 1.165) is 37.7 Å². The van der Waals surface area contributed by atoms with Crippen LogP contribution in [0.1, 0.15) is 55.7 Å². The van der Waals surface area contributed by atoms with Crippen LogP contribution in [0.25, 0.3) is 0 Å². The van der Waals surface area contributed by atoms with Crippen molar-refractivity contribution in [1.29, 1.82) is 0 Å². The SMILES string of the molecule is C[C@@H]1CCCC[C@@H]1NC(=O)COC(=O)Cc1ccc2c(c1)CCC2. The maximum Gasteiger partial charge on any atom is 0.310 e. The van der Waals surface area contributed by atoms with Crippen LogP contribution in [0.15, 0.2) is 18.2 Å². The Morgan fingerprint density at radius 2 is 1.92 bits per heavy atom. The van der Waals surface area contributed by atoms with Gasteiger partial charge >= 0.3 is 5.97 Å². The molecule has 0 radical (unpaired) electrons. The summed E-state index contributed by atoms with van der Waals surface area (Å²) in [6.45, 7) is 2.00. The monoisotopic (exact) mass is 329 g/mol. The Bertz CT molecular complexity index is 611. The molecule has 3 rings (SSSR count). The largest absolute Gasteiger partial charge is 0.455 e. The lowest BCUT2D eigenvalue weighted by Crippen LogP contribution is -2.42. The van der Waals surface area contributed by atoms with Crippen LogP contribution >= 0.6 is 0 Å². The first-order chi connectivity index (χ1) is 11.6. The third kappa shape index (κ3) is 4.37. The summed E-state index contributed by atoms with van der Waals surface area (Å²) in [7, 11) is 0. The highest BCUT2D eigenvalue weighted by Crippen LogP contribution is 2.24. The standard InChI is InChI=1S/C20H27NO3/c1-14-5-2-3-8-18(14)21-19(22)13-24-20(23)12-15-9-10-16-6-4-7-17(16)11-15/h9-11,14,18H,2-8,12-13H2,1H3,(H,21,22)/t14-,18+/m1/s1. The van der Waals surface area contributed by atoms with Crippen LogP contribution in [0.2, 0.25) is 0 Å². The smallest absolute Gasteiger partial charge is 0.310 e. The van der Waals surface area contributed by atoms with Crippen molar-refractivity contribution in [3.8, 4) is 0 Å². The zero-order valence-electron chi connectivity index (χ0n) is 14.5. The van der Waals surface area contributed by atoms with Crippen LogP contribution in [0.5, 0.6) is 0 Å². The van der Waals surface area contributed by atoms with Gasteiger partial charge in [-0.25, -0.2) is 0 Å². The zero-order valence-corrected chi connectivity index (χ0v) is 14.5. The van der Waals surface area contributed by atoms with Gasteiger partial charge in [-0.1, -0.05) is 38.0 Å². The number of hydrogen-bond acceptors (Lipinski definition) is 3. The quantitative estimate of drug-likeness (QED) is 0.845. The molecule has 0 aromatic heterocycles. The number of hydrogen-bond donors (Lipinski definition) is 1. The first-order valence-corrected chi connectivity index (χ1v) is 9.17. The van der Waals surface area contributed by atoms with E-state index in [9.17, 15) is 9.59 Å². The predicted molar refractivity (Wildman–Crippen MR) is 92.7 cm³/mol. The molecule has 1 fully saturated rings. The number of carbonyl (C=O) groups is 2. The normalized spacial score (nSPS) is 22.7. The molecule has 0 aliphatic heterocycles. The van der Waals surface area contributed by atoms with Crippen LogP contribution in [0.3, 0.4) is 0 Å². The van der Waals surface area contributed by atoms with Gasteiger partial charge in [0.2, 0.25) is 0 Å². The van der Waals surface area contributed by atoms with Crippen molar-refractivity contribution >= 4 is 11.9 Å². The van der Waals surface area contributed by atoms with Gasteiger partial charge in [0, 0.05) is 6.04 Å². The van der Waals surface area contributed by atoms with Gasteiger partial charge < -0.3 is 10.1 Å². The number of amides is 1. The van der Waals surface area contributed by atoms with E-state index in [1.165, 1.54) is 24.0 Å². The molecule has 1 saturated carbocycles. The number of esters is 1. The van der Waals surface area contributed by atoms with Crippen molar-refractivity contribution in [1.82, 2.24) is 5.32 Å². The lowest BCUT2D eigenvalue weighted by Gasteiger charge is -2.29. The third-order valence-corrected chi connectivity index (χ3v) is 5.33. The number of carbonyl (C=O) groups excluding carboxylic acids is 2. The molecule has 24 heavy (non-hydrogen) atoms. The van der Waals surface area contributed by atoms with Crippen LogP contribution in [0.4, 0.5) is 0 Å². The van der Waals surface area contributed by atoms with Crippen LogP contribution in [-0.4, -0.2) is 24.5 Å². The molecule has 1 aromatic carbocycles. The maximum atomic E-state index is 12.0. The molecule has 2 atom stereocenters. The molecule has 0 unspecified atom stereocenters. The highest BCUT2D eigenvalue weighted by Gasteiger charge is 2.23. The Balaban J connectivity index is 1.42. The van der Waals surface area contributed by atoms with Crippen molar-refractivity contribution < 1.29 is 14.3 Å². The molecule has 2 aliphatic rings. The van der Waals surface area contributed by atoms with E-state index >= 15 is 0 Å². The zero-order chi connectivity index (χ0) is 16.9. The van der Waals surface area contributed by atoms with Crippen molar-refractivity contribution in [2.24, 2.45) is 5.92 Å². The molecule has 2 aliphatic carbocycles. The Labute approximate surface area is 144 Å². The third-order valence-electron chi connectivity index (χ3n) is 5.33. The highest BCUT2D eigenvalue weighted by atomic mass is 16.5. The van der Waals surface area contributed by atoms with E-state index in [2.05, 4.69) is 24.4 Å². The molecule has 0 bridgehead atoms.